The SMILES string of the molecule is CCCNc1cnnc(Nc2cccc(C)c2)n1. The van der Waals surface area contributed by atoms with Gasteiger partial charge in [0.05, 0.1) is 6.20 Å². The number of hydrogen-bond donors (Lipinski definition) is 2. The minimum atomic E-state index is 0.502. The zero-order valence-electron chi connectivity index (χ0n) is 10.6. The molecule has 0 bridgehead atoms. The summed E-state index contributed by atoms with van der Waals surface area (Å²) in [6, 6.07) is 8.05. The number of nitrogens with one attached hydrogen (secondary N) is 2. The van der Waals surface area contributed by atoms with Gasteiger partial charge in [0, 0.05) is 12.2 Å². The fraction of sp³-hybridized carbons (Fsp3) is 0.308. The third-order valence-electron chi connectivity index (χ3n) is 2.39. The van der Waals surface area contributed by atoms with E-state index in [2.05, 4.69) is 32.7 Å². The smallest absolute Gasteiger partial charge is 0.249 e. The van der Waals surface area contributed by atoms with Gasteiger partial charge in [-0.05, 0) is 31.0 Å². The largest absolute Gasteiger partial charge is 0.369 e. The highest BCUT2D eigenvalue weighted by molar-refractivity contribution is 5.54. The van der Waals surface area contributed by atoms with Gasteiger partial charge in [-0.1, -0.05) is 19.1 Å². The van der Waals surface area contributed by atoms with Crippen LogP contribution in [0.4, 0.5) is 17.5 Å². The zero-order valence-corrected chi connectivity index (χ0v) is 10.6. The normalized spacial score (nSPS) is 10.1. The lowest BCUT2D eigenvalue weighted by atomic mass is 10.2. The topological polar surface area (TPSA) is 62.7 Å². The number of anilines is 3. The summed E-state index contributed by atoms with van der Waals surface area (Å²) < 4.78 is 0. The average molecular weight is 243 g/mol. The van der Waals surface area contributed by atoms with Gasteiger partial charge in [0.15, 0.2) is 5.82 Å². The molecule has 0 aliphatic heterocycles. The highest BCUT2D eigenvalue weighted by Gasteiger charge is 2.00. The standard InChI is InChI=1S/C13H17N5/c1-3-7-14-12-9-15-18-13(17-12)16-11-6-4-5-10(2)8-11/h4-6,8-9H,3,7H2,1-2H3,(H2,14,16,17,18). The predicted octanol–water partition coefficient (Wildman–Crippen LogP) is 2.75. The van der Waals surface area contributed by atoms with Crippen LogP contribution >= 0.6 is 0 Å². The molecule has 18 heavy (non-hydrogen) atoms. The lowest BCUT2D eigenvalue weighted by Gasteiger charge is -2.07. The third-order valence-corrected chi connectivity index (χ3v) is 2.39. The summed E-state index contributed by atoms with van der Waals surface area (Å²) in [5.41, 5.74) is 2.15. The van der Waals surface area contributed by atoms with Gasteiger partial charge in [-0.3, -0.25) is 0 Å². The summed E-state index contributed by atoms with van der Waals surface area (Å²) in [6.45, 7) is 5.03. The molecule has 2 N–H and O–H groups in total. The van der Waals surface area contributed by atoms with Gasteiger partial charge in [0.2, 0.25) is 5.95 Å². The highest BCUT2D eigenvalue weighted by Crippen LogP contribution is 2.14. The third kappa shape index (κ3) is 3.41. The lowest BCUT2D eigenvalue weighted by Crippen LogP contribution is -2.06. The second-order valence-corrected chi connectivity index (χ2v) is 4.09. The number of hydrogen-bond acceptors (Lipinski definition) is 5. The summed E-state index contributed by atoms with van der Waals surface area (Å²) in [4.78, 5) is 4.34. The predicted molar refractivity (Wildman–Crippen MR) is 73.1 cm³/mol. The molecule has 5 nitrogen and oxygen atoms in total. The Hall–Kier alpha value is -2.17. The van der Waals surface area contributed by atoms with Crippen LogP contribution in [-0.2, 0) is 0 Å². The summed E-state index contributed by atoms with van der Waals surface area (Å²) in [5, 5.41) is 14.2. The first-order valence-electron chi connectivity index (χ1n) is 6.05. The van der Waals surface area contributed by atoms with Gasteiger partial charge in [-0.25, -0.2) is 0 Å². The van der Waals surface area contributed by atoms with E-state index in [1.165, 1.54) is 5.56 Å². The fourth-order valence-electron chi connectivity index (χ4n) is 1.55. The van der Waals surface area contributed by atoms with E-state index in [9.17, 15) is 0 Å². The van der Waals surface area contributed by atoms with Gasteiger partial charge in [0.25, 0.3) is 0 Å². The van der Waals surface area contributed by atoms with Crippen LogP contribution in [-0.4, -0.2) is 21.7 Å². The van der Waals surface area contributed by atoms with E-state index >= 15 is 0 Å². The number of nitrogens with zero attached hydrogens (tertiary/aromatic N) is 3. The molecule has 0 aliphatic rings. The van der Waals surface area contributed by atoms with E-state index in [-0.39, 0.29) is 0 Å². The van der Waals surface area contributed by atoms with Crippen molar-refractivity contribution in [3.8, 4) is 0 Å². The van der Waals surface area contributed by atoms with E-state index in [0.29, 0.717) is 5.95 Å². The summed E-state index contributed by atoms with van der Waals surface area (Å²) in [7, 11) is 0. The molecule has 0 atom stereocenters. The molecular formula is C13H17N5. The number of aromatic nitrogens is 3. The quantitative estimate of drug-likeness (QED) is 0.845. The van der Waals surface area contributed by atoms with Crippen molar-refractivity contribution in [1.82, 2.24) is 15.2 Å². The molecule has 1 aromatic carbocycles. The van der Waals surface area contributed by atoms with Crippen molar-refractivity contribution in [1.29, 1.82) is 0 Å². The van der Waals surface area contributed by atoms with Crippen LogP contribution in [0.25, 0.3) is 0 Å². The lowest BCUT2D eigenvalue weighted by molar-refractivity contribution is 0.935. The van der Waals surface area contributed by atoms with Gasteiger partial charge in [-0.15, -0.1) is 5.10 Å². The van der Waals surface area contributed by atoms with Crippen LogP contribution < -0.4 is 10.6 Å². The molecular weight excluding hydrogens is 226 g/mol. The molecule has 0 unspecified atom stereocenters. The second kappa shape index (κ2) is 5.95. The molecule has 0 radical (unpaired) electrons. The Balaban J connectivity index is 2.09. The van der Waals surface area contributed by atoms with Crippen molar-refractivity contribution in [2.24, 2.45) is 0 Å². The van der Waals surface area contributed by atoms with E-state index in [1.807, 2.05) is 31.2 Å². The summed E-state index contributed by atoms with van der Waals surface area (Å²) >= 11 is 0. The van der Waals surface area contributed by atoms with Crippen LogP contribution in [0.3, 0.4) is 0 Å². The monoisotopic (exact) mass is 243 g/mol. The molecule has 5 heteroatoms. The molecule has 94 valence electrons. The number of aryl methyl sites for hydroxylation is 1. The van der Waals surface area contributed by atoms with Crippen molar-refractivity contribution in [3.63, 3.8) is 0 Å². The van der Waals surface area contributed by atoms with E-state index < -0.39 is 0 Å². The van der Waals surface area contributed by atoms with E-state index in [0.717, 1.165) is 24.5 Å². The molecule has 0 fully saturated rings. The van der Waals surface area contributed by atoms with Crippen molar-refractivity contribution < 1.29 is 0 Å². The Morgan fingerprint density at radius 3 is 2.94 bits per heavy atom. The average Bonchev–Trinajstić information content (AvgIpc) is 2.37. The number of rotatable bonds is 5. The second-order valence-electron chi connectivity index (χ2n) is 4.09. The van der Waals surface area contributed by atoms with Crippen molar-refractivity contribution in [3.05, 3.63) is 36.0 Å². The van der Waals surface area contributed by atoms with Crippen LogP contribution in [0.2, 0.25) is 0 Å². The summed E-state index contributed by atoms with van der Waals surface area (Å²) in [6.07, 6.45) is 2.67. The van der Waals surface area contributed by atoms with Crippen molar-refractivity contribution >= 4 is 17.5 Å². The molecule has 0 saturated carbocycles. The first kappa shape index (κ1) is 12.3. The minimum Gasteiger partial charge on any atom is -0.369 e. The summed E-state index contributed by atoms with van der Waals surface area (Å²) in [5.74, 6) is 1.24. The van der Waals surface area contributed by atoms with Crippen LogP contribution in [0.5, 0.6) is 0 Å². The first-order valence-corrected chi connectivity index (χ1v) is 6.05. The Kier molecular flexibility index (Phi) is 4.06. The Morgan fingerprint density at radius 1 is 1.28 bits per heavy atom. The maximum absolute atomic E-state index is 4.34. The number of benzene rings is 1. The molecule has 0 amide bonds. The molecule has 2 rings (SSSR count). The van der Waals surface area contributed by atoms with E-state index in [1.54, 1.807) is 6.20 Å². The minimum absolute atomic E-state index is 0.502. The molecule has 1 aromatic heterocycles. The highest BCUT2D eigenvalue weighted by atomic mass is 15.3. The Bertz CT molecular complexity index is 512. The Labute approximate surface area is 107 Å². The first-order chi connectivity index (χ1) is 8.78. The van der Waals surface area contributed by atoms with Crippen molar-refractivity contribution in [2.45, 2.75) is 20.3 Å². The molecule has 0 saturated heterocycles. The van der Waals surface area contributed by atoms with Crippen molar-refractivity contribution in [2.75, 3.05) is 17.2 Å². The fourth-order valence-corrected chi connectivity index (χ4v) is 1.55. The molecule has 2 aromatic rings. The van der Waals surface area contributed by atoms with E-state index in [4.69, 9.17) is 0 Å². The maximum Gasteiger partial charge on any atom is 0.249 e. The van der Waals surface area contributed by atoms with Crippen LogP contribution in [0, 0.1) is 6.92 Å². The van der Waals surface area contributed by atoms with Gasteiger partial charge in [-0.2, -0.15) is 10.1 Å². The van der Waals surface area contributed by atoms with Gasteiger partial charge >= 0.3 is 0 Å². The molecule has 0 spiro atoms. The maximum atomic E-state index is 4.34. The van der Waals surface area contributed by atoms with Crippen LogP contribution in [0.15, 0.2) is 30.5 Å². The Morgan fingerprint density at radius 2 is 2.17 bits per heavy atom. The molecule has 1 heterocycles. The molecule has 0 aliphatic carbocycles. The van der Waals surface area contributed by atoms with Crippen LogP contribution in [0.1, 0.15) is 18.9 Å². The van der Waals surface area contributed by atoms with Gasteiger partial charge in [0.1, 0.15) is 0 Å². The zero-order chi connectivity index (χ0) is 12.8. The van der Waals surface area contributed by atoms with Gasteiger partial charge < -0.3 is 10.6 Å².